The Morgan fingerprint density at radius 1 is 1.23 bits per heavy atom. The van der Waals surface area contributed by atoms with Gasteiger partial charge in [-0.1, -0.05) is 30.3 Å². The van der Waals surface area contributed by atoms with E-state index in [-0.39, 0.29) is 19.1 Å². The Bertz CT molecular complexity index is 234. The minimum absolute atomic E-state index is 0.0907. The number of aliphatic hydroxyl groups is 2. The molecule has 0 fully saturated rings. The van der Waals surface area contributed by atoms with E-state index < -0.39 is 6.10 Å². The molecule has 0 amide bonds. The Balaban J connectivity index is 2.72. The van der Waals surface area contributed by atoms with Crippen LogP contribution in [0.25, 0.3) is 0 Å². The van der Waals surface area contributed by atoms with Crippen molar-refractivity contribution >= 4 is 0 Å². The zero-order valence-corrected chi connectivity index (χ0v) is 7.43. The van der Waals surface area contributed by atoms with Gasteiger partial charge >= 0.3 is 0 Å². The van der Waals surface area contributed by atoms with Crippen LogP contribution in [0.4, 0.5) is 0 Å². The molecule has 3 heteroatoms. The van der Waals surface area contributed by atoms with Crippen LogP contribution in [0.5, 0.6) is 0 Å². The molecule has 4 N–H and O–H groups in total. The van der Waals surface area contributed by atoms with Crippen molar-refractivity contribution in [2.45, 2.75) is 6.10 Å². The molecule has 0 aliphatic heterocycles. The molecule has 0 bridgehead atoms. The second-order valence-corrected chi connectivity index (χ2v) is 3.03. The first-order chi connectivity index (χ1) is 6.29. The first-order valence-electron chi connectivity index (χ1n) is 4.33. The third-order valence-corrected chi connectivity index (χ3v) is 2.12. The van der Waals surface area contributed by atoms with Gasteiger partial charge in [0.2, 0.25) is 0 Å². The van der Waals surface area contributed by atoms with E-state index in [2.05, 4.69) is 0 Å². The van der Waals surface area contributed by atoms with Crippen LogP contribution in [0.1, 0.15) is 11.7 Å². The molecule has 1 aromatic rings. The Morgan fingerprint density at radius 2 is 1.85 bits per heavy atom. The second kappa shape index (κ2) is 4.97. The lowest BCUT2D eigenvalue weighted by atomic mass is 9.97. The summed E-state index contributed by atoms with van der Waals surface area (Å²) in [5, 5.41) is 18.7. The molecule has 0 saturated heterocycles. The molecular formula is C10H15NO2. The van der Waals surface area contributed by atoms with Crippen molar-refractivity contribution in [1.82, 2.24) is 0 Å². The fraction of sp³-hybridized carbons (Fsp3) is 0.400. The summed E-state index contributed by atoms with van der Waals surface area (Å²) in [6, 6.07) is 9.23. The predicted octanol–water partition coefficient (Wildman–Crippen LogP) is 0.287. The largest absolute Gasteiger partial charge is 0.396 e. The fourth-order valence-corrected chi connectivity index (χ4v) is 1.23. The normalized spacial score (nSPS) is 15.3. The fourth-order valence-electron chi connectivity index (χ4n) is 1.23. The minimum Gasteiger partial charge on any atom is -0.396 e. The first-order valence-corrected chi connectivity index (χ1v) is 4.33. The van der Waals surface area contributed by atoms with Crippen LogP contribution in [0, 0.1) is 5.92 Å². The van der Waals surface area contributed by atoms with Crippen molar-refractivity contribution in [3.63, 3.8) is 0 Å². The van der Waals surface area contributed by atoms with Gasteiger partial charge in [-0.05, 0) is 5.56 Å². The van der Waals surface area contributed by atoms with E-state index in [9.17, 15) is 5.11 Å². The summed E-state index contributed by atoms with van der Waals surface area (Å²) < 4.78 is 0. The van der Waals surface area contributed by atoms with Crippen molar-refractivity contribution < 1.29 is 10.2 Å². The highest BCUT2D eigenvalue weighted by Crippen LogP contribution is 2.20. The van der Waals surface area contributed by atoms with Crippen molar-refractivity contribution in [3.05, 3.63) is 35.9 Å². The Hall–Kier alpha value is -0.900. The highest BCUT2D eigenvalue weighted by Gasteiger charge is 2.17. The molecule has 0 unspecified atom stereocenters. The maximum Gasteiger partial charge on any atom is 0.0852 e. The van der Waals surface area contributed by atoms with Gasteiger partial charge in [0.25, 0.3) is 0 Å². The smallest absolute Gasteiger partial charge is 0.0852 e. The van der Waals surface area contributed by atoms with E-state index in [0.29, 0.717) is 0 Å². The van der Waals surface area contributed by atoms with Crippen LogP contribution in [-0.2, 0) is 0 Å². The molecule has 0 spiro atoms. The summed E-state index contributed by atoms with van der Waals surface area (Å²) in [6.45, 7) is 0.194. The quantitative estimate of drug-likeness (QED) is 0.625. The molecule has 0 saturated carbocycles. The summed E-state index contributed by atoms with van der Waals surface area (Å²) >= 11 is 0. The number of hydrogen-bond donors (Lipinski definition) is 3. The van der Waals surface area contributed by atoms with Crippen LogP contribution in [0.3, 0.4) is 0 Å². The molecule has 2 atom stereocenters. The number of hydrogen-bond acceptors (Lipinski definition) is 3. The molecule has 72 valence electrons. The van der Waals surface area contributed by atoms with Crippen LogP contribution in [0.2, 0.25) is 0 Å². The summed E-state index contributed by atoms with van der Waals surface area (Å²) in [5.74, 6) is -0.276. The maximum atomic E-state index is 9.74. The molecule has 13 heavy (non-hydrogen) atoms. The van der Waals surface area contributed by atoms with E-state index >= 15 is 0 Å². The molecule has 0 heterocycles. The monoisotopic (exact) mass is 181 g/mol. The van der Waals surface area contributed by atoms with Crippen LogP contribution in [0.15, 0.2) is 30.3 Å². The van der Waals surface area contributed by atoms with Crippen LogP contribution < -0.4 is 5.73 Å². The zero-order valence-electron chi connectivity index (χ0n) is 7.43. The van der Waals surface area contributed by atoms with E-state index in [1.54, 1.807) is 0 Å². The maximum absolute atomic E-state index is 9.74. The summed E-state index contributed by atoms with van der Waals surface area (Å²) in [4.78, 5) is 0. The van der Waals surface area contributed by atoms with E-state index in [1.165, 1.54) is 0 Å². The first kappa shape index (κ1) is 10.2. The van der Waals surface area contributed by atoms with Gasteiger partial charge in [-0.2, -0.15) is 0 Å². The summed E-state index contributed by atoms with van der Waals surface area (Å²) in [7, 11) is 0. The predicted molar refractivity (Wildman–Crippen MR) is 51.0 cm³/mol. The molecule has 1 aromatic carbocycles. The Morgan fingerprint density at radius 3 is 2.31 bits per heavy atom. The summed E-state index contributed by atoms with van der Waals surface area (Å²) in [6.07, 6.45) is -0.670. The molecule has 1 rings (SSSR count). The number of rotatable bonds is 4. The van der Waals surface area contributed by atoms with Gasteiger partial charge in [0, 0.05) is 19.1 Å². The number of nitrogens with two attached hydrogens (primary N) is 1. The van der Waals surface area contributed by atoms with Crippen molar-refractivity contribution in [1.29, 1.82) is 0 Å². The number of aliphatic hydroxyl groups excluding tert-OH is 2. The molecule has 0 aliphatic rings. The summed E-state index contributed by atoms with van der Waals surface area (Å²) in [5.41, 5.74) is 6.20. The molecule has 0 radical (unpaired) electrons. The van der Waals surface area contributed by atoms with Gasteiger partial charge in [0.05, 0.1) is 6.10 Å². The third-order valence-electron chi connectivity index (χ3n) is 2.12. The van der Waals surface area contributed by atoms with Crippen molar-refractivity contribution in [2.24, 2.45) is 11.7 Å². The van der Waals surface area contributed by atoms with E-state index in [1.807, 2.05) is 30.3 Å². The van der Waals surface area contributed by atoms with Gasteiger partial charge in [-0.15, -0.1) is 0 Å². The Labute approximate surface area is 77.8 Å². The van der Waals surface area contributed by atoms with E-state index in [4.69, 9.17) is 10.8 Å². The molecule has 0 aliphatic carbocycles. The number of benzene rings is 1. The second-order valence-electron chi connectivity index (χ2n) is 3.03. The molecule has 0 aromatic heterocycles. The van der Waals surface area contributed by atoms with Gasteiger partial charge in [-0.3, -0.25) is 0 Å². The highest BCUT2D eigenvalue weighted by molar-refractivity contribution is 5.18. The Kier molecular flexibility index (Phi) is 3.89. The zero-order chi connectivity index (χ0) is 9.68. The lowest BCUT2D eigenvalue weighted by Crippen LogP contribution is -2.25. The van der Waals surface area contributed by atoms with E-state index in [0.717, 1.165) is 5.56 Å². The van der Waals surface area contributed by atoms with Gasteiger partial charge < -0.3 is 15.9 Å². The standard InChI is InChI=1S/C10H15NO2/c11-6-9(7-12)10(13)8-4-2-1-3-5-8/h1-5,9-10,12-13H,6-7,11H2/t9-,10+/m0/s1. The van der Waals surface area contributed by atoms with Gasteiger partial charge in [0.15, 0.2) is 0 Å². The lowest BCUT2D eigenvalue weighted by Gasteiger charge is -2.19. The minimum atomic E-state index is -0.670. The van der Waals surface area contributed by atoms with Crippen LogP contribution in [-0.4, -0.2) is 23.4 Å². The van der Waals surface area contributed by atoms with Crippen LogP contribution >= 0.6 is 0 Å². The molecule has 3 nitrogen and oxygen atoms in total. The van der Waals surface area contributed by atoms with Gasteiger partial charge in [-0.25, -0.2) is 0 Å². The molecular weight excluding hydrogens is 166 g/mol. The highest BCUT2D eigenvalue weighted by atomic mass is 16.3. The van der Waals surface area contributed by atoms with Crippen molar-refractivity contribution in [2.75, 3.05) is 13.2 Å². The topological polar surface area (TPSA) is 66.5 Å². The SMILES string of the molecule is NC[C@@H](CO)[C@H](O)c1ccccc1. The average molecular weight is 181 g/mol. The van der Waals surface area contributed by atoms with Crippen molar-refractivity contribution in [3.8, 4) is 0 Å². The van der Waals surface area contributed by atoms with Gasteiger partial charge in [0.1, 0.15) is 0 Å². The third kappa shape index (κ3) is 2.52. The average Bonchev–Trinajstić information content (AvgIpc) is 2.21. The lowest BCUT2D eigenvalue weighted by molar-refractivity contribution is 0.0715.